The standard InChI is InChI=1S/C15H21ClFN/c1-2-9-18-15(11-5-3-4-6-11)13-8-7-12(16)10-14(13)17/h7-8,10-11,15,18H,2-6,9H2,1H3. The van der Waals surface area contributed by atoms with Gasteiger partial charge in [0.2, 0.25) is 0 Å². The molecule has 18 heavy (non-hydrogen) atoms. The molecule has 1 aliphatic rings. The Bertz CT molecular complexity index is 388. The largest absolute Gasteiger partial charge is 0.310 e. The lowest BCUT2D eigenvalue weighted by Gasteiger charge is -2.25. The summed E-state index contributed by atoms with van der Waals surface area (Å²) < 4.78 is 14.1. The lowest BCUT2D eigenvalue weighted by Crippen LogP contribution is -2.28. The molecule has 3 heteroatoms. The first-order valence-electron chi connectivity index (χ1n) is 6.90. The van der Waals surface area contributed by atoms with Crippen molar-refractivity contribution in [1.29, 1.82) is 0 Å². The average molecular weight is 270 g/mol. The van der Waals surface area contributed by atoms with Crippen molar-refractivity contribution >= 4 is 11.6 Å². The molecule has 0 radical (unpaired) electrons. The van der Waals surface area contributed by atoms with Gasteiger partial charge < -0.3 is 5.32 Å². The second-order valence-corrected chi connectivity index (χ2v) is 5.58. The second kappa shape index (κ2) is 6.53. The van der Waals surface area contributed by atoms with Crippen molar-refractivity contribution in [2.24, 2.45) is 5.92 Å². The fourth-order valence-corrected chi connectivity index (χ4v) is 3.03. The molecule has 0 heterocycles. The highest BCUT2D eigenvalue weighted by atomic mass is 35.5. The number of nitrogens with one attached hydrogen (secondary N) is 1. The molecule has 1 N–H and O–H groups in total. The predicted octanol–water partition coefficient (Wildman–Crippen LogP) is 4.71. The topological polar surface area (TPSA) is 12.0 Å². The van der Waals surface area contributed by atoms with Crippen LogP contribution in [0.2, 0.25) is 5.02 Å². The number of halogens is 2. The highest BCUT2D eigenvalue weighted by Crippen LogP contribution is 2.37. The van der Waals surface area contributed by atoms with E-state index in [2.05, 4.69) is 12.2 Å². The van der Waals surface area contributed by atoms with E-state index in [0.29, 0.717) is 10.9 Å². The van der Waals surface area contributed by atoms with Gasteiger partial charge in [0.05, 0.1) is 0 Å². The highest BCUT2D eigenvalue weighted by Gasteiger charge is 2.27. The smallest absolute Gasteiger partial charge is 0.129 e. The molecule has 1 nitrogen and oxygen atoms in total. The van der Waals surface area contributed by atoms with Gasteiger partial charge in [0.1, 0.15) is 5.82 Å². The van der Waals surface area contributed by atoms with E-state index in [1.807, 2.05) is 6.07 Å². The van der Waals surface area contributed by atoms with Crippen LogP contribution in [0.3, 0.4) is 0 Å². The molecule has 0 aromatic heterocycles. The van der Waals surface area contributed by atoms with E-state index in [0.717, 1.165) is 18.5 Å². The van der Waals surface area contributed by atoms with Crippen LogP contribution in [0.1, 0.15) is 50.6 Å². The molecule has 1 atom stereocenters. The van der Waals surface area contributed by atoms with Crippen molar-refractivity contribution < 1.29 is 4.39 Å². The zero-order chi connectivity index (χ0) is 13.0. The van der Waals surface area contributed by atoms with Crippen LogP contribution >= 0.6 is 11.6 Å². The normalized spacial score (nSPS) is 18.2. The van der Waals surface area contributed by atoms with Gasteiger partial charge in [0.25, 0.3) is 0 Å². The van der Waals surface area contributed by atoms with Crippen molar-refractivity contribution in [3.63, 3.8) is 0 Å². The van der Waals surface area contributed by atoms with Gasteiger partial charge >= 0.3 is 0 Å². The van der Waals surface area contributed by atoms with Crippen molar-refractivity contribution in [1.82, 2.24) is 5.32 Å². The summed E-state index contributed by atoms with van der Waals surface area (Å²) in [4.78, 5) is 0. The van der Waals surface area contributed by atoms with Crippen molar-refractivity contribution in [3.05, 3.63) is 34.6 Å². The van der Waals surface area contributed by atoms with Crippen molar-refractivity contribution in [3.8, 4) is 0 Å². The van der Waals surface area contributed by atoms with E-state index in [-0.39, 0.29) is 11.9 Å². The molecule has 1 aliphatic carbocycles. The van der Waals surface area contributed by atoms with Gasteiger partial charge in [0, 0.05) is 16.6 Å². The van der Waals surface area contributed by atoms with E-state index in [1.165, 1.54) is 31.7 Å². The molecule has 1 aromatic carbocycles. The predicted molar refractivity (Wildman–Crippen MR) is 74.4 cm³/mol. The molecule has 0 aliphatic heterocycles. The molecule has 0 saturated heterocycles. The monoisotopic (exact) mass is 269 g/mol. The molecule has 2 rings (SSSR count). The van der Waals surface area contributed by atoms with E-state index in [9.17, 15) is 4.39 Å². The maximum absolute atomic E-state index is 14.1. The zero-order valence-electron chi connectivity index (χ0n) is 10.9. The van der Waals surface area contributed by atoms with Crippen LogP contribution in [-0.2, 0) is 0 Å². The van der Waals surface area contributed by atoms with Crippen LogP contribution in [0.15, 0.2) is 18.2 Å². The summed E-state index contributed by atoms with van der Waals surface area (Å²) >= 11 is 5.83. The van der Waals surface area contributed by atoms with E-state index < -0.39 is 0 Å². The molecule has 0 bridgehead atoms. The fraction of sp³-hybridized carbons (Fsp3) is 0.600. The third-order valence-corrected chi connectivity index (χ3v) is 4.02. The third-order valence-electron chi connectivity index (χ3n) is 3.78. The molecule has 1 aromatic rings. The van der Waals surface area contributed by atoms with Crippen LogP contribution in [0.25, 0.3) is 0 Å². The molecule has 1 saturated carbocycles. The van der Waals surface area contributed by atoms with Crippen molar-refractivity contribution in [2.75, 3.05) is 6.54 Å². The lowest BCUT2D eigenvalue weighted by molar-refractivity contribution is 0.357. The first-order valence-corrected chi connectivity index (χ1v) is 7.28. The molecule has 100 valence electrons. The summed E-state index contributed by atoms with van der Waals surface area (Å²) in [5, 5.41) is 3.97. The average Bonchev–Trinajstić information content (AvgIpc) is 2.85. The Labute approximate surface area is 114 Å². The summed E-state index contributed by atoms with van der Waals surface area (Å²) in [5.74, 6) is 0.384. The number of rotatable bonds is 5. The van der Waals surface area contributed by atoms with Gasteiger partial charge in [-0.3, -0.25) is 0 Å². The van der Waals surface area contributed by atoms with Crippen LogP contribution in [0, 0.1) is 11.7 Å². The third kappa shape index (κ3) is 3.24. The maximum atomic E-state index is 14.1. The summed E-state index contributed by atoms with van der Waals surface area (Å²) in [5.41, 5.74) is 0.778. The molecule has 0 amide bonds. The number of benzene rings is 1. The fourth-order valence-electron chi connectivity index (χ4n) is 2.87. The summed E-state index contributed by atoms with van der Waals surface area (Å²) in [6, 6.07) is 5.19. The van der Waals surface area contributed by atoms with Gasteiger partial charge in [0.15, 0.2) is 0 Å². The molecule has 0 spiro atoms. The Hall–Kier alpha value is -0.600. The highest BCUT2D eigenvalue weighted by molar-refractivity contribution is 6.30. The van der Waals surface area contributed by atoms with Gasteiger partial charge in [-0.05, 0) is 43.9 Å². The lowest BCUT2D eigenvalue weighted by atomic mass is 9.91. The Balaban J connectivity index is 2.20. The number of hydrogen-bond donors (Lipinski definition) is 1. The second-order valence-electron chi connectivity index (χ2n) is 5.14. The summed E-state index contributed by atoms with van der Waals surface area (Å²) in [6.07, 6.45) is 6.00. The van der Waals surface area contributed by atoms with E-state index in [1.54, 1.807) is 6.07 Å². The molecular weight excluding hydrogens is 249 g/mol. The van der Waals surface area contributed by atoms with Gasteiger partial charge in [-0.25, -0.2) is 4.39 Å². The quantitative estimate of drug-likeness (QED) is 0.816. The Morgan fingerprint density at radius 1 is 1.39 bits per heavy atom. The van der Waals surface area contributed by atoms with Crippen LogP contribution in [-0.4, -0.2) is 6.54 Å². The summed E-state index contributed by atoms with van der Waals surface area (Å²) in [6.45, 7) is 3.07. The Morgan fingerprint density at radius 3 is 2.72 bits per heavy atom. The number of hydrogen-bond acceptors (Lipinski definition) is 1. The van der Waals surface area contributed by atoms with Gasteiger partial charge in [-0.1, -0.05) is 37.4 Å². The minimum Gasteiger partial charge on any atom is -0.310 e. The molecule has 1 unspecified atom stereocenters. The minimum absolute atomic E-state index is 0.143. The minimum atomic E-state index is -0.178. The molecular formula is C15H21ClFN. The van der Waals surface area contributed by atoms with Crippen LogP contribution in [0.4, 0.5) is 4.39 Å². The first-order chi connectivity index (χ1) is 8.72. The van der Waals surface area contributed by atoms with E-state index in [4.69, 9.17) is 11.6 Å². The SMILES string of the molecule is CCCNC(c1ccc(Cl)cc1F)C1CCCC1. The van der Waals surface area contributed by atoms with Crippen LogP contribution in [0.5, 0.6) is 0 Å². The zero-order valence-corrected chi connectivity index (χ0v) is 11.6. The van der Waals surface area contributed by atoms with Gasteiger partial charge in [-0.15, -0.1) is 0 Å². The summed E-state index contributed by atoms with van der Waals surface area (Å²) in [7, 11) is 0. The maximum Gasteiger partial charge on any atom is 0.129 e. The van der Waals surface area contributed by atoms with E-state index >= 15 is 0 Å². The Morgan fingerprint density at radius 2 is 2.11 bits per heavy atom. The van der Waals surface area contributed by atoms with Crippen molar-refractivity contribution in [2.45, 2.75) is 45.1 Å². The van der Waals surface area contributed by atoms with Gasteiger partial charge in [-0.2, -0.15) is 0 Å². The van der Waals surface area contributed by atoms with Crippen LogP contribution < -0.4 is 5.32 Å². The Kier molecular flexibility index (Phi) is 5.02. The molecule has 1 fully saturated rings. The first kappa shape index (κ1) is 13.8.